The third-order valence-electron chi connectivity index (χ3n) is 2.18. The summed E-state index contributed by atoms with van der Waals surface area (Å²) in [6, 6.07) is 3.32. The highest BCUT2D eigenvalue weighted by atomic mass is 35.5. The molecule has 1 aromatic carbocycles. The summed E-state index contributed by atoms with van der Waals surface area (Å²) < 4.78 is 3.62. The molecule has 0 fully saturated rings. The number of carbonyl (C=O) groups excluding carboxylic acids is 1. The first kappa shape index (κ1) is 11.8. The molecule has 1 heterocycles. The van der Waals surface area contributed by atoms with Crippen LogP contribution in [-0.4, -0.2) is 15.5 Å². The van der Waals surface area contributed by atoms with Crippen LogP contribution < -0.4 is 11.1 Å². The van der Waals surface area contributed by atoms with E-state index in [-0.39, 0.29) is 11.6 Å². The zero-order chi connectivity index (χ0) is 12.4. The Bertz CT molecular complexity index is 556. The Kier molecular flexibility index (Phi) is 3.26. The second-order valence-electron chi connectivity index (χ2n) is 3.43. The lowest BCUT2D eigenvalue weighted by Crippen LogP contribution is -2.13. The first-order chi connectivity index (χ1) is 8.08. The summed E-state index contributed by atoms with van der Waals surface area (Å²) >= 11 is 7.01. The number of aromatic nitrogens is 2. The highest BCUT2D eigenvalue weighted by Gasteiger charge is 2.11. The van der Waals surface area contributed by atoms with Crippen molar-refractivity contribution in [3.63, 3.8) is 0 Å². The summed E-state index contributed by atoms with van der Waals surface area (Å²) in [5.74, 6) is -0.317. The van der Waals surface area contributed by atoms with Crippen molar-refractivity contribution >= 4 is 40.4 Å². The molecule has 5 nitrogen and oxygen atoms in total. The van der Waals surface area contributed by atoms with Crippen LogP contribution in [0.5, 0.6) is 0 Å². The highest BCUT2D eigenvalue weighted by Crippen LogP contribution is 2.26. The molecule has 2 rings (SSSR count). The van der Waals surface area contributed by atoms with Crippen molar-refractivity contribution in [2.45, 2.75) is 6.92 Å². The summed E-state index contributed by atoms with van der Waals surface area (Å²) in [5, 5.41) is 8.36. The number of hydrogen-bond acceptors (Lipinski definition) is 5. The SMILES string of the molecule is Cc1cc(N)c(Cl)cc1NC(=O)c1csnn1. The fourth-order valence-corrected chi connectivity index (χ4v) is 1.89. The monoisotopic (exact) mass is 268 g/mol. The molecule has 1 amide bonds. The molecule has 88 valence electrons. The van der Waals surface area contributed by atoms with Crippen LogP contribution in [0.3, 0.4) is 0 Å². The zero-order valence-corrected chi connectivity index (χ0v) is 10.5. The number of amides is 1. The van der Waals surface area contributed by atoms with Crippen molar-refractivity contribution in [1.82, 2.24) is 9.59 Å². The predicted octanol–water partition coefficient (Wildman–Crippen LogP) is 2.33. The Balaban J connectivity index is 2.25. The maximum atomic E-state index is 11.7. The second kappa shape index (κ2) is 4.68. The Morgan fingerprint density at radius 2 is 2.29 bits per heavy atom. The van der Waals surface area contributed by atoms with Crippen molar-refractivity contribution in [2.24, 2.45) is 0 Å². The molecule has 2 aromatic rings. The van der Waals surface area contributed by atoms with Gasteiger partial charge in [-0.2, -0.15) is 0 Å². The van der Waals surface area contributed by atoms with Gasteiger partial charge in [0.1, 0.15) is 0 Å². The third kappa shape index (κ3) is 2.54. The molecule has 1 aromatic heterocycles. The molecule has 0 aliphatic rings. The molecule has 0 spiro atoms. The molecular formula is C10H9ClN4OS. The molecule has 0 aliphatic carbocycles. The van der Waals surface area contributed by atoms with Gasteiger partial charge < -0.3 is 11.1 Å². The third-order valence-corrected chi connectivity index (χ3v) is 3.02. The van der Waals surface area contributed by atoms with Gasteiger partial charge in [0.05, 0.1) is 10.7 Å². The summed E-state index contributed by atoms with van der Waals surface area (Å²) in [6.45, 7) is 1.83. The second-order valence-corrected chi connectivity index (χ2v) is 4.45. The number of benzene rings is 1. The van der Waals surface area contributed by atoms with Crippen molar-refractivity contribution in [2.75, 3.05) is 11.1 Å². The summed E-state index contributed by atoms with van der Waals surface area (Å²) in [4.78, 5) is 11.7. The van der Waals surface area contributed by atoms with Crippen LogP contribution in [0.4, 0.5) is 11.4 Å². The summed E-state index contributed by atoms with van der Waals surface area (Å²) in [6.07, 6.45) is 0. The fraction of sp³-hybridized carbons (Fsp3) is 0.100. The lowest BCUT2D eigenvalue weighted by molar-refractivity contribution is 0.102. The molecule has 0 unspecified atom stereocenters. The van der Waals surface area contributed by atoms with Gasteiger partial charge in [-0.15, -0.1) is 5.10 Å². The van der Waals surface area contributed by atoms with Gasteiger partial charge in [0, 0.05) is 11.1 Å². The minimum atomic E-state index is -0.317. The number of nitrogen functional groups attached to an aromatic ring is 1. The number of anilines is 2. The largest absolute Gasteiger partial charge is 0.398 e. The minimum absolute atomic E-state index is 0.280. The smallest absolute Gasteiger partial charge is 0.277 e. The van der Waals surface area contributed by atoms with Crippen LogP contribution >= 0.6 is 23.1 Å². The maximum absolute atomic E-state index is 11.7. The van der Waals surface area contributed by atoms with E-state index in [1.165, 1.54) is 0 Å². The normalized spacial score (nSPS) is 10.2. The summed E-state index contributed by atoms with van der Waals surface area (Å²) in [7, 11) is 0. The van der Waals surface area contributed by atoms with Crippen molar-refractivity contribution in [3.8, 4) is 0 Å². The minimum Gasteiger partial charge on any atom is -0.398 e. The van der Waals surface area contributed by atoms with E-state index in [9.17, 15) is 4.79 Å². The van der Waals surface area contributed by atoms with Crippen molar-refractivity contribution in [3.05, 3.63) is 33.8 Å². The van der Waals surface area contributed by atoms with Crippen LogP contribution in [0, 0.1) is 6.92 Å². The van der Waals surface area contributed by atoms with Crippen LogP contribution in [0.2, 0.25) is 5.02 Å². The lowest BCUT2D eigenvalue weighted by Gasteiger charge is -2.09. The number of nitrogens with zero attached hydrogens (tertiary/aromatic N) is 2. The van der Waals surface area contributed by atoms with Gasteiger partial charge >= 0.3 is 0 Å². The first-order valence-corrected chi connectivity index (χ1v) is 5.93. The molecule has 0 saturated heterocycles. The average molecular weight is 269 g/mol. The Morgan fingerprint density at radius 1 is 1.53 bits per heavy atom. The maximum Gasteiger partial charge on any atom is 0.277 e. The Labute approximate surface area is 107 Å². The van der Waals surface area contributed by atoms with Crippen molar-refractivity contribution in [1.29, 1.82) is 0 Å². The van der Waals surface area contributed by atoms with Gasteiger partial charge in [0.15, 0.2) is 5.69 Å². The highest BCUT2D eigenvalue weighted by molar-refractivity contribution is 7.03. The molecule has 0 radical (unpaired) electrons. The van der Waals surface area contributed by atoms with E-state index in [1.807, 2.05) is 6.92 Å². The molecule has 0 atom stereocenters. The number of halogens is 1. The van der Waals surface area contributed by atoms with E-state index in [2.05, 4.69) is 14.9 Å². The van der Waals surface area contributed by atoms with E-state index in [0.717, 1.165) is 17.1 Å². The number of aryl methyl sites for hydroxylation is 1. The number of hydrogen-bond donors (Lipinski definition) is 2. The number of nitrogens with one attached hydrogen (secondary N) is 1. The predicted molar refractivity (Wildman–Crippen MR) is 68.5 cm³/mol. The van der Waals surface area contributed by atoms with Crippen LogP contribution in [-0.2, 0) is 0 Å². The molecular weight excluding hydrogens is 260 g/mol. The lowest BCUT2D eigenvalue weighted by atomic mass is 10.1. The quantitative estimate of drug-likeness (QED) is 0.819. The molecule has 17 heavy (non-hydrogen) atoms. The number of carbonyl (C=O) groups is 1. The van der Waals surface area contributed by atoms with Crippen molar-refractivity contribution < 1.29 is 4.79 Å². The first-order valence-electron chi connectivity index (χ1n) is 4.72. The fourth-order valence-electron chi connectivity index (χ4n) is 1.29. The van der Waals surface area contributed by atoms with Crippen LogP contribution in [0.1, 0.15) is 16.1 Å². The van der Waals surface area contributed by atoms with Gasteiger partial charge in [-0.3, -0.25) is 4.79 Å². The van der Waals surface area contributed by atoms with E-state index >= 15 is 0 Å². The van der Waals surface area contributed by atoms with Gasteiger partial charge in [-0.1, -0.05) is 16.1 Å². The topological polar surface area (TPSA) is 80.9 Å². The number of rotatable bonds is 2. The van der Waals surface area contributed by atoms with Gasteiger partial charge in [0.25, 0.3) is 5.91 Å². The molecule has 0 aliphatic heterocycles. The molecule has 7 heteroatoms. The van der Waals surface area contributed by atoms with Crippen LogP contribution in [0.25, 0.3) is 0 Å². The van der Waals surface area contributed by atoms with E-state index in [4.69, 9.17) is 17.3 Å². The Morgan fingerprint density at radius 3 is 2.94 bits per heavy atom. The van der Waals surface area contributed by atoms with Crippen LogP contribution in [0.15, 0.2) is 17.5 Å². The molecule has 3 N–H and O–H groups in total. The summed E-state index contributed by atoms with van der Waals surface area (Å²) in [5.41, 5.74) is 7.86. The van der Waals surface area contributed by atoms with E-state index in [1.54, 1.807) is 17.5 Å². The van der Waals surface area contributed by atoms with E-state index in [0.29, 0.717) is 16.4 Å². The Hall–Kier alpha value is -1.66. The molecule has 0 bridgehead atoms. The van der Waals surface area contributed by atoms with Gasteiger partial charge in [-0.25, -0.2) is 0 Å². The number of nitrogens with two attached hydrogens (primary N) is 1. The van der Waals surface area contributed by atoms with E-state index < -0.39 is 0 Å². The standard InChI is InChI=1S/C10H9ClN4OS/c1-5-2-7(12)6(11)3-8(5)13-10(16)9-4-17-15-14-9/h2-4H,12H2,1H3,(H,13,16). The van der Waals surface area contributed by atoms with Gasteiger partial charge in [-0.05, 0) is 36.2 Å². The van der Waals surface area contributed by atoms with Gasteiger partial charge in [0.2, 0.25) is 0 Å². The average Bonchev–Trinajstić information content (AvgIpc) is 2.79. The zero-order valence-electron chi connectivity index (χ0n) is 8.90. The molecule has 0 saturated carbocycles.